The molecule has 6 heteroatoms. The van der Waals surface area contributed by atoms with E-state index in [1.165, 1.54) is 5.56 Å². The van der Waals surface area contributed by atoms with Gasteiger partial charge in [-0.2, -0.15) is 4.31 Å². The molecule has 0 aliphatic carbocycles. The molecule has 2 aromatic carbocycles. The van der Waals surface area contributed by atoms with Crippen LogP contribution in [-0.4, -0.2) is 43.7 Å². The van der Waals surface area contributed by atoms with Crippen molar-refractivity contribution < 1.29 is 13.2 Å². The van der Waals surface area contributed by atoms with Crippen LogP contribution in [0.5, 0.6) is 0 Å². The van der Waals surface area contributed by atoms with Crippen LogP contribution in [0.25, 0.3) is 0 Å². The lowest BCUT2D eigenvalue weighted by atomic mass is 10.1. The molecule has 0 aromatic heterocycles. The molecule has 0 unspecified atom stereocenters. The van der Waals surface area contributed by atoms with Crippen LogP contribution in [0, 0.1) is 6.92 Å². The third kappa shape index (κ3) is 5.92. The van der Waals surface area contributed by atoms with Crippen molar-refractivity contribution in [3.05, 3.63) is 65.2 Å². The van der Waals surface area contributed by atoms with Gasteiger partial charge in [0.1, 0.15) is 0 Å². The Kier molecular flexibility index (Phi) is 7.67. The third-order valence-electron chi connectivity index (χ3n) is 5.72. The predicted molar refractivity (Wildman–Crippen MR) is 120 cm³/mol. The molecule has 5 nitrogen and oxygen atoms in total. The lowest BCUT2D eigenvalue weighted by Gasteiger charge is -2.20. The van der Waals surface area contributed by atoms with Gasteiger partial charge in [-0.25, -0.2) is 8.42 Å². The Morgan fingerprint density at radius 2 is 1.47 bits per heavy atom. The van der Waals surface area contributed by atoms with E-state index in [0.29, 0.717) is 37.4 Å². The molecule has 0 saturated carbocycles. The second kappa shape index (κ2) is 10.2. The minimum Gasteiger partial charge on any atom is -0.341 e. The van der Waals surface area contributed by atoms with Gasteiger partial charge in [0.05, 0.1) is 4.90 Å². The average Bonchev–Trinajstić information content (AvgIpc) is 3.04. The number of hydrogen-bond acceptors (Lipinski definition) is 3. The second-order valence-electron chi connectivity index (χ2n) is 8.20. The van der Waals surface area contributed by atoms with Gasteiger partial charge in [0.15, 0.2) is 0 Å². The number of benzene rings is 2. The van der Waals surface area contributed by atoms with E-state index in [1.54, 1.807) is 21.3 Å². The van der Waals surface area contributed by atoms with Crippen molar-refractivity contribution in [3.63, 3.8) is 0 Å². The summed E-state index contributed by atoms with van der Waals surface area (Å²) >= 11 is 0. The zero-order valence-electron chi connectivity index (χ0n) is 18.0. The SMILES string of the molecule is Cc1ccc(CN(C)C(=O)CCc2ccc(S(=O)(=O)N3CCCCCC3)cc2)cc1. The average molecular weight is 429 g/mol. The maximum absolute atomic E-state index is 12.9. The van der Waals surface area contributed by atoms with Crippen molar-refractivity contribution in [2.24, 2.45) is 0 Å². The summed E-state index contributed by atoms with van der Waals surface area (Å²) in [6.07, 6.45) is 5.04. The molecule has 162 valence electrons. The van der Waals surface area contributed by atoms with Gasteiger partial charge in [-0.05, 0) is 49.4 Å². The summed E-state index contributed by atoms with van der Waals surface area (Å²) in [7, 11) is -1.61. The van der Waals surface area contributed by atoms with Gasteiger partial charge in [0.2, 0.25) is 15.9 Å². The molecule has 30 heavy (non-hydrogen) atoms. The molecule has 1 aliphatic heterocycles. The van der Waals surface area contributed by atoms with Gasteiger partial charge in [-0.15, -0.1) is 0 Å². The molecule has 1 fully saturated rings. The van der Waals surface area contributed by atoms with Crippen LogP contribution < -0.4 is 0 Å². The number of carbonyl (C=O) groups excluding carboxylic acids is 1. The third-order valence-corrected chi connectivity index (χ3v) is 7.63. The van der Waals surface area contributed by atoms with Crippen LogP contribution in [0.1, 0.15) is 48.8 Å². The summed E-state index contributed by atoms with van der Waals surface area (Å²) in [6.45, 7) is 3.84. The standard InChI is InChI=1S/C24H32N2O3S/c1-20-7-9-22(10-8-20)19-25(2)24(27)16-13-21-11-14-23(15-12-21)30(28,29)26-17-5-3-4-6-18-26/h7-12,14-15H,3-6,13,16-19H2,1-2H3. The molecule has 0 bridgehead atoms. The Morgan fingerprint density at radius 3 is 2.07 bits per heavy atom. The van der Waals surface area contributed by atoms with Gasteiger partial charge in [0, 0.05) is 33.1 Å². The molecule has 1 aliphatic rings. The number of aryl methyl sites for hydroxylation is 2. The van der Waals surface area contributed by atoms with E-state index < -0.39 is 10.0 Å². The highest BCUT2D eigenvalue weighted by atomic mass is 32.2. The van der Waals surface area contributed by atoms with E-state index in [0.717, 1.165) is 36.8 Å². The Morgan fingerprint density at radius 1 is 0.900 bits per heavy atom. The van der Waals surface area contributed by atoms with E-state index in [2.05, 4.69) is 12.1 Å². The summed E-state index contributed by atoms with van der Waals surface area (Å²) in [5.74, 6) is 0.0804. The zero-order valence-corrected chi connectivity index (χ0v) is 18.8. The second-order valence-corrected chi connectivity index (χ2v) is 10.1. The first-order valence-electron chi connectivity index (χ1n) is 10.7. The molecule has 0 spiro atoms. The molecule has 1 saturated heterocycles. The smallest absolute Gasteiger partial charge is 0.243 e. The van der Waals surface area contributed by atoms with Crippen molar-refractivity contribution in [2.45, 2.75) is 56.9 Å². The molecule has 0 radical (unpaired) electrons. The first-order valence-corrected chi connectivity index (χ1v) is 12.2. The molecule has 2 aromatic rings. The fourth-order valence-corrected chi connectivity index (χ4v) is 5.27. The summed E-state index contributed by atoms with van der Waals surface area (Å²) in [4.78, 5) is 14.6. The molecular weight excluding hydrogens is 396 g/mol. The number of nitrogens with zero attached hydrogens (tertiary/aromatic N) is 2. The highest BCUT2D eigenvalue weighted by Crippen LogP contribution is 2.21. The van der Waals surface area contributed by atoms with E-state index in [1.807, 2.05) is 38.2 Å². The van der Waals surface area contributed by atoms with Gasteiger partial charge >= 0.3 is 0 Å². The van der Waals surface area contributed by atoms with Gasteiger partial charge in [-0.3, -0.25) is 4.79 Å². The molecule has 1 heterocycles. The number of carbonyl (C=O) groups is 1. The van der Waals surface area contributed by atoms with Crippen LogP contribution in [0.15, 0.2) is 53.4 Å². The van der Waals surface area contributed by atoms with Crippen molar-refractivity contribution in [1.29, 1.82) is 0 Å². The number of rotatable bonds is 7. The fourth-order valence-electron chi connectivity index (χ4n) is 3.76. The first-order chi connectivity index (χ1) is 14.4. The summed E-state index contributed by atoms with van der Waals surface area (Å²) in [5, 5.41) is 0. The number of sulfonamides is 1. The van der Waals surface area contributed by atoms with E-state index in [9.17, 15) is 13.2 Å². The zero-order chi connectivity index (χ0) is 21.6. The minimum absolute atomic E-state index is 0.0804. The van der Waals surface area contributed by atoms with Crippen LogP contribution in [0.2, 0.25) is 0 Å². The van der Waals surface area contributed by atoms with Gasteiger partial charge in [-0.1, -0.05) is 54.8 Å². The number of hydrogen-bond donors (Lipinski definition) is 0. The Labute approximate surface area is 180 Å². The highest BCUT2D eigenvalue weighted by molar-refractivity contribution is 7.89. The van der Waals surface area contributed by atoms with Crippen LogP contribution in [-0.2, 0) is 27.8 Å². The largest absolute Gasteiger partial charge is 0.341 e. The normalized spacial score (nSPS) is 15.5. The molecule has 1 amide bonds. The Hall–Kier alpha value is -2.18. The highest BCUT2D eigenvalue weighted by Gasteiger charge is 2.24. The Balaban J connectivity index is 1.54. The Bertz CT molecular complexity index is 929. The molecular formula is C24H32N2O3S. The van der Waals surface area contributed by atoms with Gasteiger partial charge < -0.3 is 4.90 Å². The van der Waals surface area contributed by atoms with Gasteiger partial charge in [0.25, 0.3) is 0 Å². The lowest BCUT2D eigenvalue weighted by Crippen LogP contribution is -2.31. The van der Waals surface area contributed by atoms with Crippen molar-refractivity contribution >= 4 is 15.9 Å². The van der Waals surface area contributed by atoms with E-state index in [4.69, 9.17) is 0 Å². The summed E-state index contributed by atoms with van der Waals surface area (Å²) < 4.78 is 27.3. The van der Waals surface area contributed by atoms with Crippen molar-refractivity contribution in [3.8, 4) is 0 Å². The monoisotopic (exact) mass is 428 g/mol. The number of amides is 1. The fraction of sp³-hybridized carbons (Fsp3) is 0.458. The topological polar surface area (TPSA) is 57.7 Å². The molecule has 3 rings (SSSR count). The van der Waals surface area contributed by atoms with Crippen molar-refractivity contribution in [1.82, 2.24) is 9.21 Å². The predicted octanol–water partition coefficient (Wildman–Crippen LogP) is 4.15. The first kappa shape index (κ1) is 22.5. The van der Waals surface area contributed by atoms with E-state index >= 15 is 0 Å². The van der Waals surface area contributed by atoms with Crippen molar-refractivity contribution in [2.75, 3.05) is 20.1 Å². The molecule has 0 atom stereocenters. The summed E-state index contributed by atoms with van der Waals surface area (Å²) in [6, 6.07) is 15.2. The maximum atomic E-state index is 12.9. The quantitative estimate of drug-likeness (QED) is 0.666. The minimum atomic E-state index is -3.43. The lowest BCUT2D eigenvalue weighted by molar-refractivity contribution is -0.130. The van der Waals surface area contributed by atoms with Crippen LogP contribution >= 0.6 is 0 Å². The maximum Gasteiger partial charge on any atom is 0.243 e. The van der Waals surface area contributed by atoms with Crippen LogP contribution in [0.3, 0.4) is 0 Å². The van der Waals surface area contributed by atoms with E-state index in [-0.39, 0.29) is 5.91 Å². The summed E-state index contributed by atoms with van der Waals surface area (Å²) in [5.41, 5.74) is 3.29. The van der Waals surface area contributed by atoms with Crippen LogP contribution in [0.4, 0.5) is 0 Å². The molecule has 0 N–H and O–H groups in total.